The molecule has 6 heteroatoms. The van der Waals surface area contributed by atoms with Crippen molar-refractivity contribution in [3.05, 3.63) is 0 Å². The predicted molar refractivity (Wildman–Crippen MR) is 139 cm³/mol. The Morgan fingerprint density at radius 2 is 1.29 bits per heavy atom. The van der Waals surface area contributed by atoms with Crippen LogP contribution in [0.4, 0.5) is 0 Å². The van der Waals surface area contributed by atoms with Crippen LogP contribution < -0.4 is 0 Å². The molecule has 0 aliphatic heterocycles. The largest absolute Gasteiger partial charge is 0.345 e. The van der Waals surface area contributed by atoms with Gasteiger partial charge < -0.3 is 4.89 Å². The minimum atomic E-state index is -0.494. The van der Waals surface area contributed by atoms with Gasteiger partial charge in [0, 0.05) is 6.42 Å². The lowest BCUT2D eigenvalue weighted by Crippen LogP contribution is -2.29. The van der Waals surface area contributed by atoms with Crippen LogP contribution in [0.25, 0.3) is 0 Å². The van der Waals surface area contributed by atoms with E-state index in [1.54, 1.807) is 0 Å². The van der Waals surface area contributed by atoms with Crippen molar-refractivity contribution in [1.29, 1.82) is 0 Å². The summed E-state index contributed by atoms with van der Waals surface area (Å²) in [6.07, 6.45) is 12.8. The number of hydrogen-bond donors (Lipinski definition) is 1. The van der Waals surface area contributed by atoms with Gasteiger partial charge in [-0.15, -0.1) is 0 Å². The molecule has 204 valence electrons. The molecule has 1 unspecified atom stereocenters. The van der Waals surface area contributed by atoms with Crippen LogP contribution in [0.15, 0.2) is 0 Å². The minimum absolute atomic E-state index is 0.150. The summed E-state index contributed by atoms with van der Waals surface area (Å²) < 4.78 is 0. The summed E-state index contributed by atoms with van der Waals surface area (Å²) in [5, 5.41) is 8.49. The molecule has 0 amide bonds. The van der Waals surface area contributed by atoms with Crippen LogP contribution >= 0.6 is 0 Å². The first-order chi connectivity index (χ1) is 15.5. The van der Waals surface area contributed by atoms with Crippen molar-refractivity contribution in [1.82, 2.24) is 0 Å². The smallest absolute Gasteiger partial charge is 0.301 e. The number of carbonyl (C=O) groups is 2. The third-order valence-electron chi connectivity index (χ3n) is 5.46. The van der Waals surface area contributed by atoms with E-state index in [-0.39, 0.29) is 17.3 Å². The molecule has 0 heterocycles. The van der Waals surface area contributed by atoms with Gasteiger partial charge in [0.25, 0.3) is 0 Å². The Labute approximate surface area is 210 Å². The molecular weight excluding hydrogens is 432 g/mol. The normalized spacial score (nSPS) is 13.0. The summed E-state index contributed by atoms with van der Waals surface area (Å²) >= 11 is 0. The van der Waals surface area contributed by atoms with E-state index in [9.17, 15) is 9.59 Å². The minimum Gasteiger partial charge on any atom is -0.301 e. The average molecular weight is 489 g/mol. The Hall–Kier alpha value is -1.14. The Morgan fingerprint density at radius 1 is 0.765 bits per heavy atom. The van der Waals surface area contributed by atoms with Crippen LogP contribution in [0.2, 0.25) is 0 Å². The highest BCUT2D eigenvalue weighted by Gasteiger charge is 2.32. The van der Waals surface area contributed by atoms with Gasteiger partial charge in [-0.25, -0.2) is 9.59 Å². The van der Waals surface area contributed by atoms with E-state index in [1.165, 1.54) is 32.1 Å². The van der Waals surface area contributed by atoms with Gasteiger partial charge >= 0.3 is 11.9 Å². The summed E-state index contributed by atoms with van der Waals surface area (Å²) in [5.74, 6) is -0.972. The van der Waals surface area contributed by atoms with Gasteiger partial charge in [0.2, 0.25) is 0 Å². The molecule has 0 rings (SSSR count). The van der Waals surface area contributed by atoms with Gasteiger partial charge in [-0.3, -0.25) is 4.89 Å². The second-order valence-corrected chi connectivity index (χ2v) is 12.7. The molecule has 0 aromatic heterocycles. The second kappa shape index (κ2) is 18.2. The lowest BCUT2D eigenvalue weighted by atomic mass is 9.78. The Morgan fingerprint density at radius 3 is 1.76 bits per heavy atom. The molecule has 0 saturated carbocycles. The average Bonchev–Trinajstić information content (AvgIpc) is 2.69. The molecule has 0 fully saturated rings. The quantitative estimate of drug-likeness (QED) is 0.150. The standard InChI is InChI=1S/2C14H28O3/c1-13(2,3)11-9-7-8-10-12(15)16-17-14(4,5)6;1-5-6-7-8-9-10-11-12(13(15)17-16)14(2,3)4/h7-11H2,1-6H3;12,16H,5-11H2,1-4H3. The molecule has 34 heavy (non-hydrogen) atoms. The molecule has 1 atom stereocenters. The molecule has 0 aliphatic carbocycles. The van der Waals surface area contributed by atoms with Crippen molar-refractivity contribution in [3.63, 3.8) is 0 Å². The maximum Gasteiger partial charge on any atom is 0.345 e. The Balaban J connectivity index is 0. The maximum atomic E-state index is 11.5. The first-order valence-corrected chi connectivity index (χ1v) is 13.3. The summed E-state index contributed by atoms with van der Waals surface area (Å²) in [6.45, 7) is 20.5. The maximum absolute atomic E-state index is 11.5. The third-order valence-corrected chi connectivity index (χ3v) is 5.46. The van der Waals surface area contributed by atoms with Crippen molar-refractivity contribution in [2.45, 2.75) is 152 Å². The van der Waals surface area contributed by atoms with Crippen molar-refractivity contribution >= 4 is 11.9 Å². The van der Waals surface area contributed by atoms with Gasteiger partial charge in [0.05, 0.1) is 5.92 Å². The van der Waals surface area contributed by atoms with Gasteiger partial charge in [0.1, 0.15) is 5.60 Å². The van der Waals surface area contributed by atoms with Crippen LogP contribution in [0.1, 0.15) is 146 Å². The van der Waals surface area contributed by atoms with E-state index >= 15 is 0 Å². The zero-order valence-electron chi connectivity index (χ0n) is 24.1. The number of hydrogen-bond acceptors (Lipinski definition) is 6. The van der Waals surface area contributed by atoms with Crippen LogP contribution in [0, 0.1) is 16.7 Å². The van der Waals surface area contributed by atoms with Crippen molar-refractivity contribution in [3.8, 4) is 0 Å². The van der Waals surface area contributed by atoms with E-state index in [1.807, 2.05) is 41.5 Å². The van der Waals surface area contributed by atoms with Gasteiger partial charge in [-0.2, -0.15) is 10.1 Å². The van der Waals surface area contributed by atoms with E-state index < -0.39 is 11.6 Å². The van der Waals surface area contributed by atoms with E-state index in [4.69, 9.17) is 15.0 Å². The molecule has 1 N–H and O–H groups in total. The lowest BCUT2D eigenvalue weighted by Gasteiger charge is -2.27. The van der Waals surface area contributed by atoms with Gasteiger partial charge in [-0.1, -0.05) is 99.8 Å². The molecular formula is C28H56O6. The fourth-order valence-corrected chi connectivity index (χ4v) is 3.41. The van der Waals surface area contributed by atoms with Crippen LogP contribution in [0.3, 0.4) is 0 Å². The van der Waals surface area contributed by atoms with Crippen molar-refractivity contribution < 1.29 is 29.5 Å². The van der Waals surface area contributed by atoms with Gasteiger partial charge in [-0.05, 0) is 50.9 Å². The van der Waals surface area contributed by atoms with E-state index in [2.05, 4.69) is 32.6 Å². The summed E-state index contributed by atoms with van der Waals surface area (Å²) in [5.41, 5.74) is -0.193. The number of rotatable bonds is 14. The predicted octanol–water partition coefficient (Wildman–Crippen LogP) is 8.67. The molecule has 0 saturated heterocycles. The highest BCUT2D eigenvalue weighted by atomic mass is 17.2. The molecule has 0 spiro atoms. The molecule has 0 bridgehead atoms. The molecule has 0 radical (unpaired) electrons. The number of carbonyl (C=O) groups excluding carboxylic acids is 2. The third kappa shape index (κ3) is 24.0. The first kappa shape index (κ1) is 35.0. The topological polar surface area (TPSA) is 82.1 Å². The lowest BCUT2D eigenvalue weighted by molar-refractivity contribution is -0.320. The summed E-state index contributed by atoms with van der Waals surface area (Å²) in [7, 11) is 0. The van der Waals surface area contributed by atoms with Crippen LogP contribution in [0.5, 0.6) is 0 Å². The first-order valence-electron chi connectivity index (χ1n) is 13.3. The van der Waals surface area contributed by atoms with E-state index in [0.29, 0.717) is 11.8 Å². The monoisotopic (exact) mass is 488 g/mol. The Kier molecular flexibility index (Phi) is 18.7. The zero-order valence-corrected chi connectivity index (χ0v) is 24.1. The highest BCUT2D eigenvalue weighted by Crippen LogP contribution is 2.31. The fraction of sp³-hybridized carbons (Fsp3) is 0.929. The van der Waals surface area contributed by atoms with Gasteiger partial charge in [0.15, 0.2) is 0 Å². The van der Waals surface area contributed by atoms with Crippen LogP contribution in [-0.4, -0.2) is 22.8 Å². The number of unbranched alkanes of at least 4 members (excludes halogenated alkanes) is 7. The van der Waals surface area contributed by atoms with Crippen molar-refractivity contribution in [2.75, 3.05) is 0 Å². The van der Waals surface area contributed by atoms with E-state index in [0.717, 1.165) is 38.5 Å². The second-order valence-electron chi connectivity index (χ2n) is 12.7. The Bertz CT molecular complexity index is 522. The molecule has 6 nitrogen and oxygen atoms in total. The SMILES string of the molecule is CC(C)(C)CCCCCC(=O)OOC(C)(C)C.CCCCCCCCC(C(=O)OO)C(C)(C)C. The summed E-state index contributed by atoms with van der Waals surface area (Å²) in [4.78, 5) is 36.3. The fourth-order valence-electron chi connectivity index (χ4n) is 3.41. The molecule has 0 aliphatic rings. The summed E-state index contributed by atoms with van der Waals surface area (Å²) in [6, 6.07) is 0. The zero-order chi connectivity index (χ0) is 26.8. The molecule has 0 aromatic carbocycles. The van der Waals surface area contributed by atoms with Crippen LogP contribution in [-0.2, 0) is 24.3 Å². The highest BCUT2D eigenvalue weighted by molar-refractivity contribution is 5.72. The molecule has 0 aromatic rings. The van der Waals surface area contributed by atoms with Crippen molar-refractivity contribution in [2.24, 2.45) is 16.7 Å².